The summed E-state index contributed by atoms with van der Waals surface area (Å²) in [6, 6.07) is 5.91. The van der Waals surface area contributed by atoms with Crippen molar-refractivity contribution >= 4 is 28.6 Å². The fourth-order valence-electron chi connectivity index (χ4n) is 3.43. The molecule has 0 aliphatic carbocycles. The largest absolute Gasteiger partial charge is 0.493 e. The van der Waals surface area contributed by atoms with E-state index in [-0.39, 0.29) is 11.5 Å². The second-order valence-electron chi connectivity index (χ2n) is 6.43. The van der Waals surface area contributed by atoms with Gasteiger partial charge in [0.2, 0.25) is 5.91 Å². The number of hydrogen-bond donors (Lipinski definition) is 0. The number of nitriles is 1. The minimum absolute atomic E-state index is 0.276. The second kappa shape index (κ2) is 8.48. The van der Waals surface area contributed by atoms with E-state index in [1.165, 1.54) is 17.8 Å². The van der Waals surface area contributed by atoms with E-state index in [9.17, 15) is 14.9 Å². The van der Waals surface area contributed by atoms with Gasteiger partial charge in [-0.25, -0.2) is 4.99 Å². The molecule has 7 nitrogen and oxygen atoms in total. The lowest BCUT2D eigenvalue weighted by Gasteiger charge is -2.24. The Morgan fingerprint density at radius 1 is 1.21 bits per heavy atom. The average Bonchev–Trinajstić information content (AvgIpc) is 2.93. The zero-order chi connectivity index (χ0) is 20.3. The van der Waals surface area contributed by atoms with Crippen molar-refractivity contribution in [3.63, 3.8) is 0 Å². The van der Waals surface area contributed by atoms with Crippen molar-refractivity contribution in [1.29, 1.82) is 5.26 Å². The van der Waals surface area contributed by atoms with Crippen molar-refractivity contribution in [2.45, 2.75) is 12.8 Å². The molecule has 0 saturated carbocycles. The highest BCUT2D eigenvalue weighted by Crippen LogP contribution is 2.32. The number of ether oxygens (including phenoxy) is 2. The Bertz CT molecular complexity index is 882. The van der Waals surface area contributed by atoms with Crippen molar-refractivity contribution in [3.05, 3.63) is 34.9 Å². The minimum Gasteiger partial charge on any atom is -0.493 e. The highest BCUT2D eigenvalue weighted by molar-refractivity contribution is 8.13. The van der Waals surface area contributed by atoms with Gasteiger partial charge in [-0.3, -0.25) is 9.59 Å². The van der Waals surface area contributed by atoms with Crippen molar-refractivity contribution in [2.75, 3.05) is 33.6 Å². The Kier molecular flexibility index (Phi) is 6.05. The van der Waals surface area contributed by atoms with Gasteiger partial charge in [-0.05, 0) is 48.4 Å². The number of methoxy groups -OCH3 is 2. The van der Waals surface area contributed by atoms with E-state index < -0.39 is 11.8 Å². The zero-order valence-corrected chi connectivity index (χ0v) is 16.8. The molecule has 8 heteroatoms. The summed E-state index contributed by atoms with van der Waals surface area (Å²) in [6.07, 6.45) is 4.48. The third-order valence-electron chi connectivity index (χ3n) is 4.94. The van der Waals surface area contributed by atoms with E-state index >= 15 is 0 Å². The molecule has 2 aliphatic rings. The summed E-state index contributed by atoms with van der Waals surface area (Å²) in [5.74, 6) is -0.546. The van der Waals surface area contributed by atoms with Crippen LogP contribution in [0, 0.1) is 17.2 Å². The summed E-state index contributed by atoms with van der Waals surface area (Å²) in [5, 5.41) is 9.64. The van der Waals surface area contributed by atoms with Crippen molar-refractivity contribution in [2.24, 2.45) is 10.9 Å². The maximum atomic E-state index is 13.0. The van der Waals surface area contributed by atoms with Crippen molar-refractivity contribution in [3.8, 4) is 17.6 Å². The van der Waals surface area contributed by atoms with E-state index in [1.807, 2.05) is 18.2 Å². The molecule has 0 N–H and O–H groups in total. The summed E-state index contributed by atoms with van der Waals surface area (Å²) in [7, 11) is 3.18. The lowest BCUT2D eigenvalue weighted by Crippen LogP contribution is -2.41. The molecule has 0 saturated heterocycles. The van der Waals surface area contributed by atoms with Crippen LogP contribution in [0.4, 0.5) is 0 Å². The second-order valence-corrected chi connectivity index (χ2v) is 7.23. The standard InChI is InChI=1S/C20H21N3O4S/c1-26-16-9-12-4-6-23(7-5-13(12)10-17(16)27-2)20(25)15-8-14(11-21)19(28-3)22-18(15)24/h8-10,15H,4-7H2,1-3H3. The van der Waals surface area contributed by atoms with E-state index in [2.05, 4.69) is 4.99 Å². The van der Waals surface area contributed by atoms with Crippen LogP contribution in [0.25, 0.3) is 0 Å². The highest BCUT2D eigenvalue weighted by atomic mass is 32.2. The van der Waals surface area contributed by atoms with Crippen LogP contribution in [-0.2, 0) is 22.4 Å². The molecule has 1 unspecified atom stereocenters. The zero-order valence-electron chi connectivity index (χ0n) is 16.0. The molecular formula is C20H21N3O4S. The molecule has 0 bridgehead atoms. The van der Waals surface area contributed by atoms with Crippen LogP contribution in [0.3, 0.4) is 0 Å². The van der Waals surface area contributed by atoms with Crippen molar-refractivity contribution in [1.82, 2.24) is 4.90 Å². The Balaban J connectivity index is 1.80. The fourth-order valence-corrected chi connectivity index (χ4v) is 3.94. The van der Waals surface area contributed by atoms with Crippen LogP contribution in [0.1, 0.15) is 11.1 Å². The minimum atomic E-state index is -1.03. The first-order valence-electron chi connectivity index (χ1n) is 8.83. The van der Waals surface area contributed by atoms with Crippen LogP contribution in [0.15, 0.2) is 28.8 Å². The number of dihydropyridines is 1. The smallest absolute Gasteiger partial charge is 0.263 e. The number of nitrogens with zero attached hydrogens (tertiary/aromatic N) is 3. The number of carbonyl (C=O) groups excluding carboxylic acids is 2. The van der Waals surface area contributed by atoms with Crippen LogP contribution in [0.5, 0.6) is 11.5 Å². The molecule has 1 aromatic rings. The number of hydrogen-bond acceptors (Lipinski definition) is 6. The average molecular weight is 399 g/mol. The monoisotopic (exact) mass is 399 g/mol. The predicted molar refractivity (Wildman–Crippen MR) is 107 cm³/mol. The molecule has 1 aromatic carbocycles. The lowest BCUT2D eigenvalue weighted by molar-refractivity contribution is -0.138. The molecule has 0 radical (unpaired) electrons. The Morgan fingerprint density at radius 2 is 1.79 bits per heavy atom. The SMILES string of the molecule is COc1cc2c(cc1OC)CCN(C(=O)C1C=C(C#N)C(SC)=NC1=O)CC2. The van der Waals surface area contributed by atoms with E-state index in [4.69, 9.17) is 9.47 Å². The summed E-state index contributed by atoms with van der Waals surface area (Å²) < 4.78 is 10.7. The van der Waals surface area contributed by atoms with Gasteiger partial charge in [0.25, 0.3) is 5.91 Å². The quantitative estimate of drug-likeness (QED) is 0.722. The van der Waals surface area contributed by atoms with Crippen LogP contribution >= 0.6 is 11.8 Å². The molecule has 0 fully saturated rings. The highest BCUT2D eigenvalue weighted by Gasteiger charge is 2.34. The van der Waals surface area contributed by atoms with Gasteiger partial charge in [-0.2, -0.15) is 5.26 Å². The summed E-state index contributed by atoms with van der Waals surface area (Å²) in [5.41, 5.74) is 2.47. The van der Waals surface area contributed by atoms with Gasteiger partial charge in [0.1, 0.15) is 17.0 Å². The molecule has 2 heterocycles. The van der Waals surface area contributed by atoms with E-state index in [0.29, 0.717) is 42.5 Å². The lowest BCUT2D eigenvalue weighted by atomic mass is 10.0. The number of rotatable bonds is 3. The first kappa shape index (κ1) is 20.0. The normalized spacial score (nSPS) is 19.0. The number of thioether (sulfide) groups is 1. The molecule has 2 aliphatic heterocycles. The molecule has 0 spiro atoms. The maximum Gasteiger partial charge on any atom is 0.263 e. The van der Waals surface area contributed by atoms with Crippen molar-refractivity contribution < 1.29 is 19.1 Å². The topological polar surface area (TPSA) is 92.0 Å². The Morgan fingerprint density at radius 3 is 2.25 bits per heavy atom. The number of amides is 2. The molecule has 0 aromatic heterocycles. The third-order valence-corrected chi connectivity index (χ3v) is 5.64. The van der Waals surface area contributed by atoms with Crippen LogP contribution in [-0.4, -0.2) is 55.3 Å². The van der Waals surface area contributed by atoms with Gasteiger partial charge in [-0.15, -0.1) is 11.8 Å². The van der Waals surface area contributed by atoms with E-state index in [0.717, 1.165) is 11.1 Å². The predicted octanol–water partition coefficient (Wildman–Crippen LogP) is 2.00. The fraction of sp³-hybridized carbons (Fsp3) is 0.400. The first-order chi connectivity index (χ1) is 13.5. The molecule has 28 heavy (non-hydrogen) atoms. The number of fused-ring (bicyclic) bond motifs is 1. The summed E-state index contributed by atoms with van der Waals surface area (Å²) >= 11 is 1.22. The number of carbonyl (C=O) groups is 2. The summed E-state index contributed by atoms with van der Waals surface area (Å²) in [6.45, 7) is 0.972. The number of aliphatic imine (C=N–C) groups is 1. The van der Waals surface area contributed by atoms with Gasteiger partial charge < -0.3 is 14.4 Å². The molecule has 1 atom stereocenters. The molecule has 2 amide bonds. The molecule has 3 rings (SSSR count). The van der Waals surface area contributed by atoms with Gasteiger partial charge in [0.05, 0.1) is 19.8 Å². The number of benzene rings is 1. The van der Waals surface area contributed by atoms with Gasteiger partial charge in [0, 0.05) is 13.1 Å². The Hall–Kier alpha value is -2.79. The summed E-state index contributed by atoms with van der Waals surface area (Å²) in [4.78, 5) is 30.9. The third kappa shape index (κ3) is 3.76. The van der Waals surface area contributed by atoms with Crippen LogP contribution in [0.2, 0.25) is 0 Å². The maximum absolute atomic E-state index is 13.0. The molecule has 146 valence electrons. The van der Waals surface area contributed by atoms with Gasteiger partial charge in [-0.1, -0.05) is 0 Å². The van der Waals surface area contributed by atoms with Crippen LogP contribution < -0.4 is 9.47 Å². The Labute approximate surface area is 168 Å². The van der Waals surface area contributed by atoms with E-state index in [1.54, 1.807) is 25.4 Å². The van der Waals surface area contributed by atoms with Gasteiger partial charge >= 0.3 is 0 Å². The molecular weight excluding hydrogens is 378 g/mol. The first-order valence-corrected chi connectivity index (χ1v) is 10.1. The van der Waals surface area contributed by atoms with Gasteiger partial charge in [0.15, 0.2) is 11.5 Å².